The van der Waals surface area contributed by atoms with E-state index in [1.165, 1.54) is 14.0 Å². The molecule has 0 aliphatic rings. The highest BCUT2D eigenvalue weighted by Gasteiger charge is 2.24. The molecule has 0 amide bonds. The molecule has 5 nitrogen and oxygen atoms in total. The van der Waals surface area contributed by atoms with Gasteiger partial charge in [0.1, 0.15) is 0 Å². The lowest BCUT2D eigenvalue weighted by atomic mass is 10.4. The minimum absolute atomic E-state index is 0.625. The zero-order valence-electron chi connectivity index (χ0n) is 5.90. The molecule has 0 aliphatic carbocycles. The summed E-state index contributed by atoms with van der Waals surface area (Å²) in [5.74, 6) is 0. The zero-order chi connectivity index (χ0) is 8.36. The molecule has 0 aromatic heterocycles. The van der Waals surface area contributed by atoms with Crippen LogP contribution in [0.5, 0.6) is 0 Å². The number of nitrogens with two attached hydrogens (primary N) is 1. The van der Waals surface area contributed by atoms with E-state index in [9.17, 15) is 8.42 Å². The summed E-state index contributed by atoms with van der Waals surface area (Å²) in [7, 11) is -2.63. The van der Waals surface area contributed by atoms with Crippen LogP contribution in [0.3, 0.4) is 0 Å². The fourth-order valence-electron chi connectivity index (χ4n) is 0.683. The van der Waals surface area contributed by atoms with Gasteiger partial charge in [0.25, 0.3) is 10.1 Å². The first-order chi connectivity index (χ1) is 4.39. The summed E-state index contributed by atoms with van der Waals surface area (Å²) >= 11 is 0. The Morgan fingerprint density at radius 1 is 1.60 bits per heavy atom. The van der Waals surface area contributed by atoms with Crippen LogP contribution in [-0.4, -0.2) is 31.4 Å². The molecular formula is C4H12N2O3S. The maximum Gasteiger partial charge on any atom is 0.282 e. The van der Waals surface area contributed by atoms with E-state index < -0.39 is 21.5 Å². The Labute approximate surface area is 60.4 Å². The van der Waals surface area contributed by atoms with Crippen LogP contribution < -0.4 is 11.1 Å². The van der Waals surface area contributed by atoms with Gasteiger partial charge < -0.3 is 11.1 Å². The molecule has 62 valence electrons. The third-order valence-corrected chi connectivity index (χ3v) is 2.39. The van der Waals surface area contributed by atoms with E-state index >= 15 is 0 Å². The van der Waals surface area contributed by atoms with E-state index in [0.29, 0.717) is 0 Å². The first-order valence-corrected chi connectivity index (χ1v) is 4.29. The van der Waals surface area contributed by atoms with Gasteiger partial charge in [0.15, 0.2) is 5.37 Å². The van der Waals surface area contributed by atoms with Crippen molar-refractivity contribution in [2.24, 2.45) is 5.73 Å². The van der Waals surface area contributed by atoms with E-state index in [1.54, 1.807) is 0 Å². The molecule has 0 aliphatic heterocycles. The maximum absolute atomic E-state index is 10.4. The highest BCUT2D eigenvalue weighted by atomic mass is 32.2. The molecule has 2 unspecified atom stereocenters. The van der Waals surface area contributed by atoms with Gasteiger partial charge in [-0.15, -0.1) is 0 Å². The average Bonchev–Trinajstić information content (AvgIpc) is 1.60. The van der Waals surface area contributed by atoms with Crippen molar-refractivity contribution < 1.29 is 13.0 Å². The van der Waals surface area contributed by atoms with Crippen LogP contribution in [-0.2, 0) is 10.1 Å². The largest absolute Gasteiger partial charge is 0.326 e. The van der Waals surface area contributed by atoms with Crippen LogP contribution in [0.1, 0.15) is 6.92 Å². The third-order valence-electron chi connectivity index (χ3n) is 1.08. The van der Waals surface area contributed by atoms with Crippen molar-refractivity contribution in [2.45, 2.75) is 18.3 Å². The fraction of sp³-hybridized carbons (Fsp3) is 1.00. The minimum Gasteiger partial charge on any atom is -0.326 e. The first kappa shape index (κ1) is 9.83. The van der Waals surface area contributed by atoms with Crippen LogP contribution >= 0.6 is 0 Å². The molecule has 0 heterocycles. The maximum atomic E-state index is 10.4. The monoisotopic (exact) mass is 168 g/mol. The van der Waals surface area contributed by atoms with Gasteiger partial charge >= 0.3 is 0 Å². The Kier molecular flexibility index (Phi) is 3.23. The Morgan fingerprint density at radius 3 is 2.00 bits per heavy atom. The molecule has 0 aromatic carbocycles. The molecule has 0 saturated heterocycles. The molecule has 4 N–H and O–H groups in total. The van der Waals surface area contributed by atoms with Crippen molar-refractivity contribution in [1.82, 2.24) is 5.32 Å². The van der Waals surface area contributed by atoms with Crippen LogP contribution in [0, 0.1) is 0 Å². The summed E-state index contributed by atoms with van der Waals surface area (Å²) in [6.45, 7) is 1.49. The minimum atomic E-state index is -4.05. The van der Waals surface area contributed by atoms with Gasteiger partial charge in [-0.3, -0.25) is 4.55 Å². The molecule has 0 rings (SSSR count). The number of hydrogen-bond acceptors (Lipinski definition) is 4. The van der Waals surface area contributed by atoms with Gasteiger partial charge in [-0.2, -0.15) is 8.42 Å². The van der Waals surface area contributed by atoms with Gasteiger partial charge in [-0.25, -0.2) is 0 Å². The van der Waals surface area contributed by atoms with E-state index in [4.69, 9.17) is 10.3 Å². The van der Waals surface area contributed by atoms with E-state index in [1.807, 2.05) is 0 Å². The molecule has 2 atom stereocenters. The van der Waals surface area contributed by atoms with Crippen molar-refractivity contribution in [3.8, 4) is 0 Å². The molecule has 0 fully saturated rings. The Balaban J connectivity index is 4.38. The van der Waals surface area contributed by atoms with Crippen LogP contribution in [0.2, 0.25) is 0 Å². The number of likely N-dealkylation sites (N-methyl/N-ethyl adjacent to an activating group) is 1. The summed E-state index contributed by atoms with van der Waals surface area (Å²) in [5.41, 5.74) is 5.23. The van der Waals surface area contributed by atoms with Crippen LogP contribution in [0.25, 0.3) is 0 Å². The topological polar surface area (TPSA) is 92.4 Å². The van der Waals surface area contributed by atoms with E-state index in [0.717, 1.165) is 0 Å². The SMILES string of the molecule is CNC(C(C)N)S(=O)(=O)O. The fourth-order valence-corrected chi connectivity index (χ4v) is 1.52. The van der Waals surface area contributed by atoms with Crippen molar-refractivity contribution >= 4 is 10.1 Å². The van der Waals surface area contributed by atoms with Crippen molar-refractivity contribution in [3.05, 3.63) is 0 Å². The third kappa shape index (κ3) is 2.61. The Morgan fingerprint density at radius 2 is 2.00 bits per heavy atom. The average molecular weight is 168 g/mol. The standard InChI is InChI=1S/C4H12N2O3S/c1-3(5)4(6-2)10(7,8)9/h3-4,6H,5H2,1-2H3,(H,7,8,9). The lowest BCUT2D eigenvalue weighted by molar-refractivity contribution is 0.441. The Hall–Kier alpha value is -0.170. The Bertz CT molecular complexity index is 187. The second-order valence-electron chi connectivity index (χ2n) is 2.08. The highest BCUT2D eigenvalue weighted by Crippen LogP contribution is 1.96. The number of nitrogens with one attached hydrogen (secondary N) is 1. The normalized spacial score (nSPS) is 18.4. The van der Waals surface area contributed by atoms with Gasteiger partial charge in [0.05, 0.1) is 0 Å². The van der Waals surface area contributed by atoms with Crippen molar-refractivity contribution in [3.63, 3.8) is 0 Å². The van der Waals surface area contributed by atoms with Gasteiger partial charge in [0, 0.05) is 6.04 Å². The first-order valence-electron chi connectivity index (χ1n) is 2.78. The summed E-state index contributed by atoms with van der Waals surface area (Å²) in [6.07, 6.45) is 0. The summed E-state index contributed by atoms with van der Waals surface area (Å²) in [5, 5.41) is 1.30. The molecule has 0 bridgehead atoms. The summed E-state index contributed by atoms with van der Waals surface area (Å²) in [4.78, 5) is 0. The molecule has 10 heavy (non-hydrogen) atoms. The van der Waals surface area contributed by atoms with Crippen LogP contribution in [0.4, 0.5) is 0 Å². The summed E-state index contributed by atoms with van der Waals surface area (Å²) < 4.78 is 29.3. The lowest BCUT2D eigenvalue weighted by Gasteiger charge is -2.15. The number of rotatable bonds is 3. The number of hydrogen-bond donors (Lipinski definition) is 3. The van der Waals surface area contributed by atoms with E-state index in [-0.39, 0.29) is 0 Å². The highest BCUT2D eigenvalue weighted by molar-refractivity contribution is 7.86. The predicted octanol–water partition coefficient (Wildman–Crippen LogP) is -1.23. The second-order valence-corrected chi connectivity index (χ2v) is 3.62. The van der Waals surface area contributed by atoms with Gasteiger partial charge in [0.2, 0.25) is 0 Å². The second kappa shape index (κ2) is 3.29. The summed E-state index contributed by atoms with van der Waals surface area (Å²) in [6, 6.07) is -0.625. The quantitative estimate of drug-likeness (QED) is 0.459. The van der Waals surface area contributed by atoms with Crippen molar-refractivity contribution in [1.29, 1.82) is 0 Å². The molecule has 0 aromatic rings. The van der Waals surface area contributed by atoms with Gasteiger partial charge in [-0.1, -0.05) is 0 Å². The lowest BCUT2D eigenvalue weighted by Crippen LogP contribution is -2.46. The van der Waals surface area contributed by atoms with E-state index in [2.05, 4.69) is 5.32 Å². The predicted molar refractivity (Wildman–Crippen MR) is 38.0 cm³/mol. The molecule has 6 heteroatoms. The molecule has 0 radical (unpaired) electrons. The van der Waals surface area contributed by atoms with Crippen LogP contribution in [0.15, 0.2) is 0 Å². The van der Waals surface area contributed by atoms with Gasteiger partial charge in [-0.05, 0) is 14.0 Å². The molecule has 0 spiro atoms. The smallest absolute Gasteiger partial charge is 0.282 e. The zero-order valence-corrected chi connectivity index (χ0v) is 6.72. The molecule has 0 saturated carbocycles. The molecular weight excluding hydrogens is 156 g/mol. The van der Waals surface area contributed by atoms with Crippen molar-refractivity contribution in [2.75, 3.05) is 7.05 Å².